The Morgan fingerprint density at radius 1 is 1.19 bits per heavy atom. The Bertz CT molecular complexity index is 177. The van der Waals surface area contributed by atoms with Crippen molar-refractivity contribution in [1.29, 1.82) is 0 Å². The van der Waals surface area contributed by atoms with Gasteiger partial charge in [0, 0.05) is 13.2 Å². The molecule has 1 aliphatic rings. The predicted octanol–water partition coefficient (Wildman–Crippen LogP) is 1.68. The first kappa shape index (κ1) is 13.9. The van der Waals surface area contributed by atoms with E-state index in [2.05, 4.69) is 12.2 Å². The fraction of sp³-hybridized carbons (Fsp3) is 1.00. The second kappa shape index (κ2) is 7.25. The van der Waals surface area contributed by atoms with E-state index >= 15 is 0 Å². The molecule has 1 saturated carbocycles. The highest BCUT2D eigenvalue weighted by atomic mass is 16.3. The zero-order valence-corrected chi connectivity index (χ0v) is 10.5. The summed E-state index contributed by atoms with van der Waals surface area (Å²) in [5.74, 6) is 0.486. The van der Waals surface area contributed by atoms with Crippen molar-refractivity contribution in [1.82, 2.24) is 5.32 Å². The van der Waals surface area contributed by atoms with E-state index < -0.39 is 5.60 Å². The first-order valence-corrected chi connectivity index (χ1v) is 6.70. The van der Waals surface area contributed by atoms with Crippen LogP contribution in [0.1, 0.15) is 51.9 Å². The fourth-order valence-electron chi connectivity index (χ4n) is 2.44. The van der Waals surface area contributed by atoms with Crippen LogP contribution in [0.5, 0.6) is 0 Å². The highest BCUT2D eigenvalue weighted by Gasteiger charge is 2.27. The monoisotopic (exact) mass is 229 g/mol. The Morgan fingerprint density at radius 3 is 2.38 bits per heavy atom. The molecule has 1 rings (SSSR count). The molecular formula is C13H27NO2. The summed E-state index contributed by atoms with van der Waals surface area (Å²) < 4.78 is 0. The Kier molecular flexibility index (Phi) is 6.32. The number of nitrogens with one attached hydrogen (secondary N) is 1. The maximum absolute atomic E-state index is 10.4. The molecule has 3 heteroatoms. The van der Waals surface area contributed by atoms with Crippen molar-refractivity contribution in [3.05, 3.63) is 0 Å². The average molecular weight is 229 g/mol. The van der Waals surface area contributed by atoms with E-state index in [0.717, 1.165) is 38.6 Å². The molecule has 16 heavy (non-hydrogen) atoms. The molecule has 0 radical (unpaired) electrons. The lowest BCUT2D eigenvalue weighted by Crippen LogP contribution is -2.41. The first-order chi connectivity index (χ1) is 7.66. The van der Waals surface area contributed by atoms with Crippen LogP contribution in [0.4, 0.5) is 0 Å². The summed E-state index contributed by atoms with van der Waals surface area (Å²) in [7, 11) is 0. The largest absolute Gasteiger partial charge is 0.396 e. The van der Waals surface area contributed by atoms with Crippen LogP contribution in [0.2, 0.25) is 0 Å². The van der Waals surface area contributed by atoms with Crippen molar-refractivity contribution >= 4 is 0 Å². The van der Waals surface area contributed by atoms with E-state index in [1.54, 1.807) is 0 Å². The van der Waals surface area contributed by atoms with E-state index in [1.807, 2.05) is 0 Å². The number of hydrogen-bond acceptors (Lipinski definition) is 3. The number of aliphatic hydroxyl groups excluding tert-OH is 1. The first-order valence-electron chi connectivity index (χ1n) is 6.70. The minimum atomic E-state index is -0.477. The van der Waals surface area contributed by atoms with E-state index in [4.69, 9.17) is 5.11 Å². The van der Waals surface area contributed by atoms with Gasteiger partial charge in [0.15, 0.2) is 0 Å². The number of aliphatic hydroxyl groups is 2. The summed E-state index contributed by atoms with van der Waals surface area (Å²) in [6.45, 7) is 3.99. The Balaban J connectivity index is 2.19. The molecule has 0 aromatic heterocycles. The molecule has 1 fully saturated rings. The highest BCUT2D eigenvalue weighted by Crippen LogP contribution is 2.26. The van der Waals surface area contributed by atoms with Crippen LogP contribution < -0.4 is 5.32 Å². The number of rotatable bonds is 6. The van der Waals surface area contributed by atoms with Gasteiger partial charge in [-0.3, -0.25) is 0 Å². The summed E-state index contributed by atoms with van der Waals surface area (Å²) in [5.41, 5.74) is -0.477. The maximum Gasteiger partial charge on any atom is 0.0771 e. The minimum absolute atomic E-state index is 0.257. The summed E-state index contributed by atoms with van der Waals surface area (Å²) >= 11 is 0. The van der Waals surface area contributed by atoms with Crippen molar-refractivity contribution < 1.29 is 10.2 Å². The minimum Gasteiger partial charge on any atom is -0.396 e. The van der Waals surface area contributed by atoms with Crippen molar-refractivity contribution in [3.63, 3.8) is 0 Å². The van der Waals surface area contributed by atoms with Crippen LogP contribution in [0.25, 0.3) is 0 Å². The molecule has 0 saturated heterocycles. The van der Waals surface area contributed by atoms with Crippen LogP contribution in [0, 0.1) is 5.92 Å². The Morgan fingerprint density at radius 2 is 1.81 bits per heavy atom. The van der Waals surface area contributed by atoms with Crippen LogP contribution in [0.15, 0.2) is 0 Å². The van der Waals surface area contributed by atoms with Gasteiger partial charge in [-0.2, -0.15) is 0 Å². The molecule has 1 unspecified atom stereocenters. The maximum atomic E-state index is 10.4. The van der Waals surface area contributed by atoms with Crippen molar-refractivity contribution in [2.24, 2.45) is 5.92 Å². The van der Waals surface area contributed by atoms with Gasteiger partial charge in [0.05, 0.1) is 5.60 Å². The van der Waals surface area contributed by atoms with Gasteiger partial charge in [0.2, 0.25) is 0 Å². The molecule has 1 atom stereocenters. The van der Waals surface area contributed by atoms with Gasteiger partial charge < -0.3 is 15.5 Å². The Labute approximate surface area is 99.3 Å². The molecule has 3 nitrogen and oxygen atoms in total. The summed E-state index contributed by atoms with van der Waals surface area (Å²) in [6.07, 6.45) is 7.56. The van der Waals surface area contributed by atoms with Crippen LogP contribution >= 0.6 is 0 Å². The molecule has 1 aliphatic carbocycles. The van der Waals surface area contributed by atoms with Crippen molar-refractivity contribution in [2.75, 3.05) is 19.7 Å². The molecule has 0 amide bonds. The lowest BCUT2D eigenvalue weighted by molar-refractivity contribution is 0.0246. The zero-order valence-electron chi connectivity index (χ0n) is 10.5. The molecule has 3 N–H and O–H groups in total. The lowest BCUT2D eigenvalue weighted by Gasteiger charge is -2.27. The molecule has 0 aromatic rings. The van der Waals surface area contributed by atoms with Gasteiger partial charge in [-0.25, -0.2) is 0 Å². The van der Waals surface area contributed by atoms with Crippen LogP contribution in [-0.2, 0) is 0 Å². The van der Waals surface area contributed by atoms with Crippen LogP contribution in [-0.4, -0.2) is 35.5 Å². The normalized spacial score (nSPS) is 22.7. The predicted molar refractivity (Wildman–Crippen MR) is 66.4 cm³/mol. The van der Waals surface area contributed by atoms with Crippen molar-refractivity contribution in [3.8, 4) is 0 Å². The number of hydrogen-bond donors (Lipinski definition) is 3. The summed E-state index contributed by atoms with van der Waals surface area (Å²) in [4.78, 5) is 0. The van der Waals surface area contributed by atoms with Gasteiger partial charge in [-0.05, 0) is 31.7 Å². The van der Waals surface area contributed by atoms with Gasteiger partial charge in [0.25, 0.3) is 0 Å². The van der Waals surface area contributed by atoms with Gasteiger partial charge in [0.1, 0.15) is 0 Å². The van der Waals surface area contributed by atoms with Gasteiger partial charge >= 0.3 is 0 Å². The van der Waals surface area contributed by atoms with Crippen molar-refractivity contribution in [2.45, 2.75) is 57.5 Å². The summed E-state index contributed by atoms with van der Waals surface area (Å²) in [6, 6.07) is 0. The van der Waals surface area contributed by atoms with E-state index in [-0.39, 0.29) is 6.61 Å². The summed E-state index contributed by atoms with van der Waals surface area (Å²) in [5, 5.41) is 22.5. The Hall–Kier alpha value is -0.120. The molecule has 0 bridgehead atoms. The SMILES string of the molecule is CC(CCO)CNCC1(O)CCCCCC1. The molecule has 0 aliphatic heterocycles. The topological polar surface area (TPSA) is 52.5 Å². The molecule has 0 aromatic carbocycles. The van der Waals surface area contributed by atoms with E-state index in [1.165, 1.54) is 12.8 Å². The third kappa shape index (κ3) is 5.28. The van der Waals surface area contributed by atoms with Gasteiger partial charge in [-0.1, -0.05) is 32.6 Å². The molecule has 96 valence electrons. The standard InChI is InChI=1S/C13H27NO2/c1-12(6-9-15)10-14-11-13(16)7-4-2-3-5-8-13/h12,14-16H,2-11H2,1H3. The third-order valence-corrected chi connectivity index (χ3v) is 3.60. The second-order valence-electron chi connectivity index (χ2n) is 5.39. The smallest absolute Gasteiger partial charge is 0.0771 e. The fourth-order valence-corrected chi connectivity index (χ4v) is 2.44. The van der Waals surface area contributed by atoms with Gasteiger partial charge in [-0.15, -0.1) is 0 Å². The zero-order chi connectivity index (χ0) is 11.9. The molecular weight excluding hydrogens is 202 g/mol. The average Bonchev–Trinajstić information content (AvgIpc) is 2.44. The quantitative estimate of drug-likeness (QED) is 0.607. The highest BCUT2D eigenvalue weighted by molar-refractivity contribution is 4.83. The second-order valence-corrected chi connectivity index (χ2v) is 5.39. The van der Waals surface area contributed by atoms with Crippen LogP contribution in [0.3, 0.4) is 0 Å². The molecule has 0 spiro atoms. The van der Waals surface area contributed by atoms with E-state index in [0.29, 0.717) is 12.5 Å². The molecule has 0 heterocycles. The lowest BCUT2D eigenvalue weighted by atomic mass is 9.94. The van der Waals surface area contributed by atoms with E-state index in [9.17, 15) is 5.11 Å². The third-order valence-electron chi connectivity index (χ3n) is 3.60.